The highest BCUT2D eigenvalue weighted by Crippen LogP contribution is 2.48. The van der Waals surface area contributed by atoms with Gasteiger partial charge in [0.25, 0.3) is 0 Å². The topological polar surface area (TPSA) is 38.9 Å². The Labute approximate surface area is 293 Å². The SMILES string of the molecule is c1ccc(-c2nc(-c3cccc(-c4ccc5c6ccccc6c6ccc(-c7ccccc7)c7oc4c5c76)c3)nc3c2ccc2ccccc23)cc1. The Morgan fingerprint density at radius 1 is 0.353 bits per heavy atom. The molecule has 0 aliphatic rings. The molecule has 0 saturated heterocycles. The molecule has 2 heterocycles. The molecule has 236 valence electrons. The number of hydrogen-bond donors (Lipinski definition) is 0. The Morgan fingerprint density at radius 2 is 0.902 bits per heavy atom. The summed E-state index contributed by atoms with van der Waals surface area (Å²) in [6.07, 6.45) is 0. The summed E-state index contributed by atoms with van der Waals surface area (Å²) in [5.41, 5.74) is 10.1. The summed E-state index contributed by atoms with van der Waals surface area (Å²) in [6, 6.07) is 60.0. The zero-order valence-electron chi connectivity index (χ0n) is 27.5. The average molecular weight is 649 g/mol. The molecule has 0 aliphatic heterocycles. The molecule has 3 nitrogen and oxygen atoms in total. The zero-order valence-corrected chi connectivity index (χ0v) is 27.5. The molecule has 0 saturated carbocycles. The maximum absolute atomic E-state index is 7.05. The van der Waals surface area contributed by atoms with E-state index < -0.39 is 0 Å². The minimum atomic E-state index is 0.695. The van der Waals surface area contributed by atoms with E-state index in [4.69, 9.17) is 14.4 Å². The van der Waals surface area contributed by atoms with Crippen LogP contribution >= 0.6 is 0 Å². The van der Waals surface area contributed by atoms with Crippen LogP contribution in [-0.4, -0.2) is 9.97 Å². The normalized spacial score (nSPS) is 11.9. The summed E-state index contributed by atoms with van der Waals surface area (Å²) in [5, 5.41) is 10.5. The molecule has 0 fully saturated rings. The number of aromatic nitrogens is 2. The third-order valence-corrected chi connectivity index (χ3v) is 10.4. The van der Waals surface area contributed by atoms with E-state index in [-0.39, 0.29) is 0 Å². The molecule has 2 aromatic heterocycles. The number of fused-ring (bicyclic) bond motifs is 6. The molecule has 11 aromatic rings. The van der Waals surface area contributed by atoms with E-state index in [1.54, 1.807) is 0 Å². The predicted octanol–water partition coefficient (Wildman–Crippen LogP) is 13.1. The van der Waals surface area contributed by atoms with Crippen molar-refractivity contribution in [1.82, 2.24) is 9.97 Å². The summed E-state index contributed by atoms with van der Waals surface area (Å²) in [6.45, 7) is 0. The van der Waals surface area contributed by atoms with Crippen LogP contribution in [0.15, 0.2) is 174 Å². The van der Waals surface area contributed by atoms with Gasteiger partial charge in [0.05, 0.1) is 11.2 Å². The van der Waals surface area contributed by atoms with Crippen molar-refractivity contribution in [2.24, 2.45) is 0 Å². The van der Waals surface area contributed by atoms with Gasteiger partial charge in [-0.2, -0.15) is 0 Å². The quantitative estimate of drug-likeness (QED) is 0.178. The lowest BCUT2D eigenvalue weighted by Crippen LogP contribution is -1.96. The maximum Gasteiger partial charge on any atom is 0.160 e. The molecule has 9 aromatic carbocycles. The molecule has 0 unspecified atom stereocenters. The lowest BCUT2D eigenvalue weighted by Gasteiger charge is -2.13. The number of furan rings is 1. The summed E-state index contributed by atoms with van der Waals surface area (Å²) >= 11 is 0. The van der Waals surface area contributed by atoms with Crippen LogP contribution in [0.3, 0.4) is 0 Å². The second-order valence-corrected chi connectivity index (χ2v) is 13.3. The number of benzene rings is 9. The first-order valence-electron chi connectivity index (χ1n) is 17.3. The fourth-order valence-electron chi connectivity index (χ4n) is 8.08. The van der Waals surface area contributed by atoms with Crippen molar-refractivity contribution in [2.45, 2.75) is 0 Å². The van der Waals surface area contributed by atoms with Crippen molar-refractivity contribution in [1.29, 1.82) is 0 Å². The minimum absolute atomic E-state index is 0.695. The third kappa shape index (κ3) is 4.19. The van der Waals surface area contributed by atoms with Crippen molar-refractivity contribution in [3.8, 4) is 44.9 Å². The van der Waals surface area contributed by atoms with E-state index in [1.807, 2.05) is 6.07 Å². The fourth-order valence-corrected chi connectivity index (χ4v) is 8.08. The average Bonchev–Trinajstić information content (AvgIpc) is 3.61. The van der Waals surface area contributed by atoms with Crippen LogP contribution in [0.25, 0.3) is 110 Å². The van der Waals surface area contributed by atoms with Gasteiger partial charge >= 0.3 is 0 Å². The second kappa shape index (κ2) is 10.8. The first kappa shape index (κ1) is 28.0. The lowest BCUT2D eigenvalue weighted by molar-refractivity contribution is 0.671. The van der Waals surface area contributed by atoms with Gasteiger partial charge in [-0.15, -0.1) is 0 Å². The highest BCUT2D eigenvalue weighted by atomic mass is 16.3. The van der Waals surface area contributed by atoms with Gasteiger partial charge in [0.1, 0.15) is 11.2 Å². The summed E-state index contributed by atoms with van der Waals surface area (Å²) < 4.78 is 7.05. The standard InChI is InChI=1S/C48H28N2O/c1-3-12-29(13-4-1)35-24-26-39-37-20-9-10-21-38(37)40-27-25-36(47-43(40)42(39)46(35)51-47)32-17-11-18-33(28-32)48-49-44(31-15-5-2-6-16-31)41-23-22-30-14-7-8-19-34(30)45(41)50-48/h1-28H. The van der Waals surface area contributed by atoms with Gasteiger partial charge in [-0.05, 0) is 62.3 Å². The van der Waals surface area contributed by atoms with Crippen LogP contribution in [0.4, 0.5) is 0 Å². The van der Waals surface area contributed by atoms with E-state index in [0.717, 1.165) is 71.9 Å². The van der Waals surface area contributed by atoms with E-state index in [1.165, 1.54) is 32.3 Å². The summed E-state index contributed by atoms with van der Waals surface area (Å²) in [4.78, 5) is 10.5. The van der Waals surface area contributed by atoms with Gasteiger partial charge in [0.15, 0.2) is 5.82 Å². The number of nitrogens with zero attached hydrogens (tertiary/aromatic N) is 2. The van der Waals surface area contributed by atoms with Crippen LogP contribution in [0.5, 0.6) is 0 Å². The highest BCUT2D eigenvalue weighted by molar-refractivity contribution is 6.35. The number of rotatable bonds is 4. The van der Waals surface area contributed by atoms with Crippen LogP contribution < -0.4 is 0 Å². The molecule has 3 heteroatoms. The van der Waals surface area contributed by atoms with Crippen molar-refractivity contribution in [3.05, 3.63) is 170 Å². The van der Waals surface area contributed by atoms with E-state index in [2.05, 4.69) is 164 Å². The summed E-state index contributed by atoms with van der Waals surface area (Å²) in [7, 11) is 0. The second-order valence-electron chi connectivity index (χ2n) is 13.3. The fraction of sp³-hybridized carbons (Fsp3) is 0. The Hall–Kier alpha value is -6.84. The largest absolute Gasteiger partial charge is 0.455 e. The molecule has 0 radical (unpaired) electrons. The van der Waals surface area contributed by atoms with Gasteiger partial charge < -0.3 is 4.42 Å². The van der Waals surface area contributed by atoms with Crippen LogP contribution in [-0.2, 0) is 0 Å². The van der Waals surface area contributed by atoms with Gasteiger partial charge in [-0.1, -0.05) is 146 Å². The first-order chi connectivity index (χ1) is 25.3. The zero-order chi connectivity index (χ0) is 33.5. The Bertz CT molecular complexity index is 3130. The smallest absolute Gasteiger partial charge is 0.160 e. The van der Waals surface area contributed by atoms with Gasteiger partial charge in [-0.25, -0.2) is 9.97 Å². The Morgan fingerprint density at radius 3 is 1.61 bits per heavy atom. The molecule has 11 rings (SSSR count). The van der Waals surface area contributed by atoms with E-state index >= 15 is 0 Å². The van der Waals surface area contributed by atoms with Crippen LogP contribution in [0.1, 0.15) is 0 Å². The lowest BCUT2D eigenvalue weighted by atomic mass is 9.90. The van der Waals surface area contributed by atoms with E-state index in [9.17, 15) is 0 Å². The molecular weight excluding hydrogens is 621 g/mol. The van der Waals surface area contributed by atoms with Crippen LogP contribution in [0.2, 0.25) is 0 Å². The molecule has 0 N–H and O–H groups in total. The monoisotopic (exact) mass is 648 g/mol. The van der Waals surface area contributed by atoms with Crippen molar-refractivity contribution < 1.29 is 4.42 Å². The van der Waals surface area contributed by atoms with Gasteiger partial charge in [0, 0.05) is 43.8 Å². The van der Waals surface area contributed by atoms with Crippen molar-refractivity contribution in [3.63, 3.8) is 0 Å². The Kier molecular flexibility index (Phi) is 5.96. The highest BCUT2D eigenvalue weighted by Gasteiger charge is 2.23. The maximum atomic E-state index is 7.05. The molecule has 0 aliphatic carbocycles. The van der Waals surface area contributed by atoms with Crippen molar-refractivity contribution in [2.75, 3.05) is 0 Å². The molecule has 0 spiro atoms. The van der Waals surface area contributed by atoms with Crippen LogP contribution in [0, 0.1) is 0 Å². The van der Waals surface area contributed by atoms with Gasteiger partial charge in [0.2, 0.25) is 0 Å². The van der Waals surface area contributed by atoms with Gasteiger partial charge in [-0.3, -0.25) is 0 Å². The third-order valence-electron chi connectivity index (χ3n) is 10.4. The van der Waals surface area contributed by atoms with E-state index in [0.29, 0.717) is 5.82 Å². The van der Waals surface area contributed by atoms with Crippen molar-refractivity contribution >= 4 is 65.2 Å². The molecular formula is C48H28N2O. The molecule has 0 amide bonds. The Balaban J connectivity index is 1.17. The first-order valence-corrected chi connectivity index (χ1v) is 17.3. The molecule has 0 bridgehead atoms. The number of hydrogen-bond acceptors (Lipinski definition) is 3. The molecule has 51 heavy (non-hydrogen) atoms. The minimum Gasteiger partial charge on any atom is -0.455 e. The summed E-state index contributed by atoms with van der Waals surface area (Å²) in [5.74, 6) is 0.695. The molecule has 0 atom stereocenters. The predicted molar refractivity (Wildman–Crippen MR) is 212 cm³/mol.